The van der Waals surface area contributed by atoms with Crippen LogP contribution < -0.4 is 10.2 Å². The molecule has 0 heterocycles. The number of rotatable bonds is 9. The Balaban J connectivity index is 3.10. The number of carbonyl (C=O) groups excluding carboxylic acids is 2. The molecule has 2 aromatic rings. The van der Waals surface area contributed by atoms with Crippen LogP contribution in [-0.2, 0) is 15.0 Å². The molecular weight excluding hydrogens is 552 g/mol. The van der Waals surface area contributed by atoms with Crippen molar-refractivity contribution in [3.05, 3.63) is 66.6 Å². The molecule has 10 heteroatoms. The zero-order valence-corrected chi connectivity index (χ0v) is 20.2. The average molecular weight is 570 g/mol. The highest BCUT2D eigenvalue weighted by molar-refractivity contribution is 9.10. The second-order valence-corrected chi connectivity index (χ2v) is 9.08. The van der Waals surface area contributed by atoms with Crippen LogP contribution in [0.25, 0.3) is 0 Å². The lowest BCUT2D eigenvalue weighted by Gasteiger charge is -2.39. The van der Waals surface area contributed by atoms with E-state index < -0.39 is 42.1 Å². The van der Waals surface area contributed by atoms with Gasteiger partial charge in [0.1, 0.15) is 0 Å². The molecule has 8 nitrogen and oxygen atoms in total. The highest BCUT2D eigenvalue weighted by atomic mass is 79.9. The predicted molar refractivity (Wildman–Crippen MR) is 116 cm³/mol. The number of carboxylic acid groups (broad SMARTS) is 4. The van der Waals surface area contributed by atoms with Crippen LogP contribution in [0, 0.1) is 13.8 Å². The first-order valence-electron chi connectivity index (χ1n) is 9.32. The molecule has 0 amide bonds. The van der Waals surface area contributed by atoms with Crippen LogP contribution in [0.5, 0.6) is 0 Å². The van der Waals surface area contributed by atoms with Crippen molar-refractivity contribution >= 4 is 55.7 Å². The Hall–Kier alpha value is -2.72. The maximum absolute atomic E-state index is 12.8. The van der Waals surface area contributed by atoms with Crippen molar-refractivity contribution in [1.82, 2.24) is 0 Å². The van der Waals surface area contributed by atoms with Crippen molar-refractivity contribution in [2.45, 2.75) is 38.5 Å². The minimum absolute atomic E-state index is 0.108. The number of aliphatic carboxylic acids is 2. The summed E-state index contributed by atoms with van der Waals surface area (Å²) in [7, 11) is 0. The fraction of sp³-hybridized carbons (Fsp3) is 0.273. The van der Waals surface area contributed by atoms with Gasteiger partial charge in [-0.05, 0) is 79.6 Å². The third-order valence-corrected chi connectivity index (χ3v) is 6.32. The molecule has 0 saturated carbocycles. The van der Waals surface area contributed by atoms with E-state index in [0.29, 0.717) is 11.1 Å². The van der Waals surface area contributed by atoms with E-state index in [0.717, 1.165) is 0 Å². The number of carboxylic acids is 4. The Bertz CT molecular complexity index is 1050. The lowest BCUT2D eigenvalue weighted by atomic mass is 9.67. The summed E-state index contributed by atoms with van der Waals surface area (Å²) in [5.41, 5.74) is -2.50. The molecule has 170 valence electrons. The minimum atomic E-state index is -2.31. The van der Waals surface area contributed by atoms with Crippen LogP contribution in [-0.4, -0.2) is 34.1 Å². The number of benzene rings is 2. The van der Waals surface area contributed by atoms with Crippen molar-refractivity contribution in [2.75, 3.05) is 0 Å². The van der Waals surface area contributed by atoms with Gasteiger partial charge in [-0.1, -0.05) is 31.9 Å². The first-order chi connectivity index (χ1) is 14.8. The van der Waals surface area contributed by atoms with Crippen molar-refractivity contribution in [3.8, 4) is 0 Å². The highest BCUT2D eigenvalue weighted by Crippen LogP contribution is 2.47. The van der Waals surface area contributed by atoms with Crippen LogP contribution in [0.1, 0.15) is 62.2 Å². The lowest BCUT2D eigenvalue weighted by Crippen LogP contribution is -2.49. The van der Waals surface area contributed by atoms with E-state index in [1.165, 1.54) is 24.3 Å². The summed E-state index contributed by atoms with van der Waals surface area (Å²) in [5, 5.41) is 43.5. The monoisotopic (exact) mass is 568 g/mol. The van der Waals surface area contributed by atoms with Gasteiger partial charge in [-0.25, -0.2) is 9.59 Å². The maximum atomic E-state index is 12.8. The number of aryl methyl sites for hydroxylation is 2. The summed E-state index contributed by atoms with van der Waals surface area (Å²) >= 11 is 6.49. The Morgan fingerprint density at radius 2 is 1.25 bits per heavy atom. The van der Waals surface area contributed by atoms with E-state index >= 15 is 0 Å². The molecule has 0 unspecified atom stereocenters. The van der Waals surface area contributed by atoms with Crippen molar-refractivity contribution in [2.24, 2.45) is 0 Å². The third kappa shape index (κ3) is 4.86. The number of aromatic carboxylic acids is 2. The van der Waals surface area contributed by atoms with Crippen LogP contribution in [0.15, 0.2) is 33.2 Å². The van der Waals surface area contributed by atoms with E-state index in [-0.39, 0.29) is 37.6 Å². The summed E-state index contributed by atoms with van der Waals surface area (Å²) in [6, 6.07) is 5.53. The molecule has 0 spiro atoms. The van der Waals surface area contributed by atoms with Gasteiger partial charge in [0.2, 0.25) is 0 Å². The van der Waals surface area contributed by atoms with Crippen LogP contribution in [0.4, 0.5) is 0 Å². The second kappa shape index (κ2) is 9.83. The standard InChI is InChI=1S/C22H20Br2O8/c1-10-6-12(19(27)28)17(14(23)8-10)22(21(31)32,5-3-4-16(25)26)18-13(20(29)30)7-11(2)9-15(18)24/h6-9H,3-5H2,1-2H3,(H,25,26)(H,27,28)(H,29,30)(H,31,32)/p-2. The van der Waals surface area contributed by atoms with Gasteiger partial charge in [0.05, 0.1) is 22.5 Å². The second-order valence-electron chi connectivity index (χ2n) is 7.37. The van der Waals surface area contributed by atoms with Crippen molar-refractivity contribution < 1.29 is 39.6 Å². The first-order valence-corrected chi connectivity index (χ1v) is 10.9. The number of carbonyl (C=O) groups is 4. The van der Waals surface area contributed by atoms with E-state index in [1.807, 2.05) is 0 Å². The van der Waals surface area contributed by atoms with Gasteiger partial charge in [-0.2, -0.15) is 0 Å². The van der Waals surface area contributed by atoms with E-state index in [4.69, 9.17) is 0 Å². The molecule has 0 saturated heterocycles. The Morgan fingerprint density at radius 1 is 0.844 bits per heavy atom. The van der Waals surface area contributed by atoms with Crippen LogP contribution >= 0.6 is 31.9 Å². The molecule has 2 N–H and O–H groups in total. The summed E-state index contributed by atoms with van der Waals surface area (Å²) < 4.78 is 0.215. The van der Waals surface area contributed by atoms with Gasteiger partial charge in [-0.3, -0.25) is 0 Å². The largest absolute Gasteiger partial charge is 0.550 e. The Labute approximate surface area is 200 Å². The zero-order valence-electron chi connectivity index (χ0n) is 17.0. The number of hydrogen-bond donors (Lipinski definition) is 2. The van der Waals surface area contributed by atoms with E-state index in [2.05, 4.69) is 31.9 Å². The summed E-state index contributed by atoms with van der Waals surface area (Å²) in [6.07, 6.45) is -1.21. The molecule has 32 heavy (non-hydrogen) atoms. The molecular formula is C22H18Br2O8-2. The van der Waals surface area contributed by atoms with Crippen molar-refractivity contribution in [3.63, 3.8) is 0 Å². The molecule has 2 aromatic carbocycles. The van der Waals surface area contributed by atoms with Gasteiger partial charge in [0, 0.05) is 14.9 Å². The smallest absolute Gasteiger partial charge is 0.336 e. The van der Waals surface area contributed by atoms with Gasteiger partial charge >= 0.3 is 11.9 Å². The summed E-state index contributed by atoms with van der Waals surface area (Å²) in [4.78, 5) is 48.0. The summed E-state index contributed by atoms with van der Waals surface area (Å²) in [5.74, 6) is -6.07. The normalized spacial score (nSPS) is 11.2. The molecule has 0 aromatic heterocycles. The molecule has 0 aliphatic heterocycles. The lowest BCUT2D eigenvalue weighted by molar-refractivity contribution is -0.313. The van der Waals surface area contributed by atoms with Gasteiger partial charge in [0.15, 0.2) is 0 Å². The van der Waals surface area contributed by atoms with Crippen LogP contribution in [0.2, 0.25) is 0 Å². The fourth-order valence-electron chi connectivity index (χ4n) is 3.87. The Kier molecular flexibility index (Phi) is 7.84. The number of hydrogen-bond acceptors (Lipinski definition) is 6. The molecule has 0 aliphatic carbocycles. The SMILES string of the molecule is Cc1cc(Br)c(C(CCCC(=O)[O-])(C(=O)[O-])c2c(Br)cc(C)cc2C(=O)O)c(C(=O)O)c1. The van der Waals surface area contributed by atoms with Gasteiger partial charge in [0.25, 0.3) is 0 Å². The number of halogens is 2. The molecule has 0 bridgehead atoms. The predicted octanol–water partition coefficient (Wildman–Crippen LogP) is 2.18. The first kappa shape index (κ1) is 25.5. The van der Waals surface area contributed by atoms with Gasteiger partial charge < -0.3 is 30.0 Å². The quantitative estimate of drug-likeness (QED) is 0.465. The summed E-state index contributed by atoms with van der Waals surface area (Å²) in [6.45, 7) is 3.23. The maximum Gasteiger partial charge on any atom is 0.336 e. The Morgan fingerprint density at radius 3 is 1.56 bits per heavy atom. The van der Waals surface area contributed by atoms with E-state index in [1.54, 1.807) is 13.8 Å². The average Bonchev–Trinajstić information content (AvgIpc) is 2.64. The molecule has 0 radical (unpaired) electrons. The highest BCUT2D eigenvalue weighted by Gasteiger charge is 2.44. The topological polar surface area (TPSA) is 155 Å². The van der Waals surface area contributed by atoms with Crippen molar-refractivity contribution in [1.29, 1.82) is 0 Å². The van der Waals surface area contributed by atoms with Crippen LogP contribution in [0.3, 0.4) is 0 Å². The molecule has 0 aliphatic rings. The minimum Gasteiger partial charge on any atom is -0.550 e. The van der Waals surface area contributed by atoms with E-state index in [9.17, 15) is 39.6 Å². The van der Waals surface area contributed by atoms with Gasteiger partial charge in [-0.15, -0.1) is 0 Å². The molecule has 0 fully saturated rings. The zero-order chi connectivity index (χ0) is 24.4. The molecule has 2 rings (SSSR count). The molecule has 0 atom stereocenters. The fourth-order valence-corrected chi connectivity index (χ4v) is 5.69. The third-order valence-electron chi connectivity index (χ3n) is 5.06.